The Labute approximate surface area is 107 Å². The van der Waals surface area contributed by atoms with E-state index < -0.39 is 23.8 Å². The quantitative estimate of drug-likeness (QED) is 0.634. The fraction of sp³-hybridized carbons (Fsp3) is 0.0909. The summed E-state index contributed by atoms with van der Waals surface area (Å²) in [5, 5.41) is 13.4. The van der Waals surface area contributed by atoms with Gasteiger partial charge in [-0.3, -0.25) is 9.59 Å². The fourth-order valence-electron chi connectivity index (χ4n) is 1.60. The Kier molecular flexibility index (Phi) is 3.01. The molecule has 0 aromatic heterocycles. The summed E-state index contributed by atoms with van der Waals surface area (Å²) in [7, 11) is 0. The van der Waals surface area contributed by atoms with Crippen LogP contribution in [0.25, 0.3) is 0 Å². The van der Waals surface area contributed by atoms with Gasteiger partial charge in [0.05, 0.1) is 11.3 Å². The van der Waals surface area contributed by atoms with E-state index in [1.165, 1.54) is 24.3 Å². The molecule has 1 aromatic rings. The van der Waals surface area contributed by atoms with Crippen molar-refractivity contribution >= 4 is 29.2 Å². The van der Waals surface area contributed by atoms with Crippen molar-refractivity contribution < 1.29 is 19.5 Å². The standard InChI is InChI=1S/C11H10N4O4/c12-7-8(9(13)16)14-15(10(7)17)6-3-1-5(2-4-6)11(18)19/h1-4,7H,12H2,(H2,13,16)(H,18,19). The molecule has 0 saturated carbocycles. The normalized spacial score (nSPS) is 18.4. The third-order valence-corrected chi connectivity index (χ3v) is 2.59. The molecule has 98 valence electrons. The van der Waals surface area contributed by atoms with E-state index in [-0.39, 0.29) is 11.3 Å². The van der Waals surface area contributed by atoms with Gasteiger partial charge in [0.2, 0.25) is 0 Å². The molecule has 1 aliphatic heterocycles. The van der Waals surface area contributed by atoms with Gasteiger partial charge in [0.1, 0.15) is 6.04 Å². The Morgan fingerprint density at radius 2 is 1.84 bits per heavy atom. The second kappa shape index (κ2) is 4.50. The van der Waals surface area contributed by atoms with Crippen molar-refractivity contribution in [3.63, 3.8) is 0 Å². The van der Waals surface area contributed by atoms with Gasteiger partial charge in [0.15, 0.2) is 5.71 Å². The Balaban J connectivity index is 2.34. The number of nitrogens with two attached hydrogens (primary N) is 2. The lowest BCUT2D eigenvalue weighted by Gasteiger charge is -2.12. The Morgan fingerprint density at radius 3 is 2.26 bits per heavy atom. The molecule has 2 rings (SSSR count). The van der Waals surface area contributed by atoms with Gasteiger partial charge in [0.25, 0.3) is 11.8 Å². The first-order valence-corrected chi connectivity index (χ1v) is 5.23. The molecule has 0 radical (unpaired) electrons. The number of aromatic carboxylic acids is 1. The summed E-state index contributed by atoms with van der Waals surface area (Å²) >= 11 is 0. The van der Waals surface area contributed by atoms with Gasteiger partial charge in [0, 0.05) is 0 Å². The number of hydrogen-bond acceptors (Lipinski definition) is 5. The summed E-state index contributed by atoms with van der Waals surface area (Å²) < 4.78 is 0. The Morgan fingerprint density at radius 1 is 1.26 bits per heavy atom. The molecule has 0 spiro atoms. The second-order valence-electron chi connectivity index (χ2n) is 3.83. The number of carbonyl (C=O) groups excluding carboxylic acids is 2. The highest BCUT2D eigenvalue weighted by Gasteiger charge is 2.36. The predicted molar refractivity (Wildman–Crippen MR) is 65.5 cm³/mol. The fourth-order valence-corrected chi connectivity index (χ4v) is 1.60. The number of primary amides is 1. The molecule has 0 fully saturated rings. The smallest absolute Gasteiger partial charge is 0.335 e. The third-order valence-electron chi connectivity index (χ3n) is 2.59. The number of nitrogens with zero attached hydrogens (tertiary/aromatic N) is 2. The van der Waals surface area contributed by atoms with Gasteiger partial charge >= 0.3 is 5.97 Å². The molecular weight excluding hydrogens is 252 g/mol. The molecule has 1 unspecified atom stereocenters. The van der Waals surface area contributed by atoms with Crippen LogP contribution in [0.1, 0.15) is 10.4 Å². The zero-order chi connectivity index (χ0) is 14.2. The monoisotopic (exact) mass is 262 g/mol. The van der Waals surface area contributed by atoms with E-state index in [2.05, 4.69) is 5.10 Å². The van der Waals surface area contributed by atoms with Crippen LogP contribution in [-0.4, -0.2) is 34.6 Å². The van der Waals surface area contributed by atoms with E-state index in [1.807, 2.05) is 0 Å². The van der Waals surface area contributed by atoms with Crippen LogP contribution >= 0.6 is 0 Å². The van der Waals surface area contributed by atoms with Crippen molar-refractivity contribution in [2.24, 2.45) is 16.6 Å². The van der Waals surface area contributed by atoms with Crippen molar-refractivity contribution in [3.05, 3.63) is 29.8 Å². The van der Waals surface area contributed by atoms with Crippen molar-refractivity contribution in [1.82, 2.24) is 0 Å². The lowest BCUT2D eigenvalue weighted by atomic mass is 10.1. The summed E-state index contributed by atoms with van der Waals surface area (Å²) in [6, 6.07) is 4.21. The van der Waals surface area contributed by atoms with Crippen molar-refractivity contribution in [3.8, 4) is 0 Å². The molecule has 19 heavy (non-hydrogen) atoms. The third kappa shape index (κ3) is 2.16. The number of benzene rings is 1. The van der Waals surface area contributed by atoms with Crippen LogP contribution in [0.4, 0.5) is 5.69 Å². The van der Waals surface area contributed by atoms with Crippen molar-refractivity contribution in [2.75, 3.05) is 5.01 Å². The summed E-state index contributed by atoms with van der Waals surface area (Å²) in [6.07, 6.45) is 0. The maximum atomic E-state index is 11.8. The van der Waals surface area contributed by atoms with E-state index in [1.54, 1.807) is 0 Å². The van der Waals surface area contributed by atoms with Crippen LogP contribution in [0.15, 0.2) is 29.4 Å². The molecule has 0 aliphatic carbocycles. The largest absolute Gasteiger partial charge is 0.478 e. The molecule has 2 amide bonds. The highest BCUT2D eigenvalue weighted by atomic mass is 16.4. The maximum absolute atomic E-state index is 11.8. The van der Waals surface area contributed by atoms with Crippen LogP contribution < -0.4 is 16.5 Å². The van der Waals surface area contributed by atoms with Crippen LogP contribution in [0.5, 0.6) is 0 Å². The molecule has 1 heterocycles. The number of amides is 2. The first-order chi connectivity index (χ1) is 8.91. The SMILES string of the molecule is NC(=O)C1=NN(c2ccc(C(=O)O)cc2)C(=O)C1N. The Hall–Kier alpha value is -2.74. The van der Waals surface area contributed by atoms with Crippen molar-refractivity contribution in [2.45, 2.75) is 6.04 Å². The average Bonchev–Trinajstić information content (AvgIpc) is 2.67. The molecule has 1 aliphatic rings. The van der Waals surface area contributed by atoms with Gasteiger partial charge in [-0.1, -0.05) is 0 Å². The van der Waals surface area contributed by atoms with Crippen LogP contribution in [-0.2, 0) is 9.59 Å². The van der Waals surface area contributed by atoms with Crippen LogP contribution in [0.2, 0.25) is 0 Å². The number of anilines is 1. The van der Waals surface area contributed by atoms with E-state index in [4.69, 9.17) is 16.6 Å². The first-order valence-electron chi connectivity index (χ1n) is 5.23. The van der Waals surface area contributed by atoms with Crippen LogP contribution in [0, 0.1) is 0 Å². The summed E-state index contributed by atoms with van der Waals surface area (Å²) in [5.41, 5.74) is 10.7. The van der Waals surface area contributed by atoms with E-state index in [0.717, 1.165) is 5.01 Å². The molecule has 0 bridgehead atoms. The molecular formula is C11H10N4O4. The minimum absolute atomic E-state index is 0.0683. The van der Waals surface area contributed by atoms with E-state index >= 15 is 0 Å². The van der Waals surface area contributed by atoms with Crippen LogP contribution in [0.3, 0.4) is 0 Å². The highest BCUT2D eigenvalue weighted by molar-refractivity contribution is 6.47. The summed E-state index contributed by atoms with van der Waals surface area (Å²) in [6.45, 7) is 0. The molecule has 1 atom stereocenters. The first kappa shape index (κ1) is 12.7. The number of carbonyl (C=O) groups is 3. The second-order valence-corrected chi connectivity index (χ2v) is 3.83. The highest BCUT2D eigenvalue weighted by Crippen LogP contribution is 2.20. The van der Waals surface area contributed by atoms with Crippen molar-refractivity contribution in [1.29, 1.82) is 0 Å². The van der Waals surface area contributed by atoms with E-state index in [0.29, 0.717) is 5.69 Å². The van der Waals surface area contributed by atoms with Gasteiger partial charge in [-0.25, -0.2) is 4.79 Å². The average molecular weight is 262 g/mol. The van der Waals surface area contributed by atoms with Gasteiger partial charge in [-0.05, 0) is 24.3 Å². The number of hydrazone groups is 1. The molecule has 8 heteroatoms. The van der Waals surface area contributed by atoms with E-state index in [9.17, 15) is 14.4 Å². The zero-order valence-corrected chi connectivity index (χ0v) is 9.61. The summed E-state index contributed by atoms with van der Waals surface area (Å²) in [5.74, 6) is -2.56. The molecule has 1 aromatic carbocycles. The lowest BCUT2D eigenvalue weighted by Crippen LogP contribution is -2.43. The molecule has 8 nitrogen and oxygen atoms in total. The lowest BCUT2D eigenvalue weighted by molar-refractivity contribution is -0.118. The summed E-state index contributed by atoms with van der Waals surface area (Å²) in [4.78, 5) is 33.5. The minimum Gasteiger partial charge on any atom is -0.478 e. The number of rotatable bonds is 3. The maximum Gasteiger partial charge on any atom is 0.335 e. The van der Waals surface area contributed by atoms with Gasteiger partial charge < -0.3 is 16.6 Å². The molecule has 5 N–H and O–H groups in total. The minimum atomic E-state index is -1.20. The number of carboxylic acids is 1. The zero-order valence-electron chi connectivity index (χ0n) is 9.61. The predicted octanol–water partition coefficient (Wildman–Crippen LogP) is -1.10. The topological polar surface area (TPSA) is 139 Å². The van der Waals surface area contributed by atoms with Gasteiger partial charge in [-0.15, -0.1) is 0 Å². The Bertz CT molecular complexity index is 593. The van der Waals surface area contributed by atoms with Gasteiger partial charge in [-0.2, -0.15) is 10.1 Å². The number of hydrogen-bond donors (Lipinski definition) is 3. The number of carboxylic acid groups (broad SMARTS) is 1. The molecule has 0 saturated heterocycles.